The maximum absolute atomic E-state index is 13.0. The number of rotatable bonds is 5. The minimum atomic E-state index is -0.311. The molecular formula is C23H19N3O3S. The number of ether oxygens (including phenoxy) is 1. The van der Waals surface area contributed by atoms with E-state index in [1.165, 1.54) is 0 Å². The second-order valence-corrected chi connectivity index (χ2v) is 7.90. The Labute approximate surface area is 177 Å². The lowest BCUT2D eigenvalue weighted by Gasteiger charge is -2.28. The highest BCUT2D eigenvalue weighted by atomic mass is 32.2. The molecule has 0 radical (unpaired) electrons. The molecule has 2 aromatic heterocycles. The van der Waals surface area contributed by atoms with Crippen molar-refractivity contribution in [2.24, 2.45) is 7.05 Å². The van der Waals surface area contributed by atoms with Crippen molar-refractivity contribution in [2.45, 2.75) is 17.0 Å². The summed E-state index contributed by atoms with van der Waals surface area (Å²) in [7, 11) is 1.94. The normalized spacial score (nSPS) is 12.7. The summed E-state index contributed by atoms with van der Waals surface area (Å²) in [6.07, 6.45) is 3.65. The van der Waals surface area contributed by atoms with E-state index in [9.17, 15) is 4.79 Å². The van der Waals surface area contributed by atoms with E-state index < -0.39 is 0 Å². The second-order valence-electron chi connectivity index (χ2n) is 6.96. The third-order valence-corrected chi connectivity index (χ3v) is 6.04. The number of nitrogens with zero attached hydrogens (tertiary/aromatic N) is 2. The monoisotopic (exact) mass is 417 g/mol. The van der Waals surface area contributed by atoms with Crippen molar-refractivity contribution >= 4 is 17.7 Å². The van der Waals surface area contributed by atoms with Gasteiger partial charge in [0, 0.05) is 30.6 Å². The number of aromatic nitrogens is 2. The molecule has 3 heterocycles. The third kappa shape index (κ3) is 3.48. The lowest BCUT2D eigenvalue weighted by atomic mass is 9.94. The van der Waals surface area contributed by atoms with Crippen LogP contribution in [0.3, 0.4) is 0 Å². The van der Waals surface area contributed by atoms with Crippen molar-refractivity contribution in [3.8, 4) is 11.5 Å². The summed E-state index contributed by atoms with van der Waals surface area (Å²) in [5.74, 6) is 2.83. The first-order chi connectivity index (χ1) is 14.7. The van der Waals surface area contributed by atoms with Crippen molar-refractivity contribution in [3.63, 3.8) is 0 Å². The number of nitrogens with one attached hydrogen (secondary N) is 1. The first-order valence-electron chi connectivity index (χ1n) is 9.54. The van der Waals surface area contributed by atoms with Gasteiger partial charge in [-0.05, 0) is 24.3 Å². The smallest absolute Gasteiger partial charge is 0.287 e. The van der Waals surface area contributed by atoms with Crippen LogP contribution in [0.5, 0.6) is 11.5 Å². The van der Waals surface area contributed by atoms with E-state index in [1.807, 2.05) is 72.4 Å². The van der Waals surface area contributed by atoms with E-state index in [-0.39, 0.29) is 17.7 Å². The molecule has 1 N–H and O–H groups in total. The Morgan fingerprint density at radius 3 is 2.43 bits per heavy atom. The minimum absolute atomic E-state index is 0.264. The van der Waals surface area contributed by atoms with Gasteiger partial charge in [-0.1, -0.05) is 48.2 Å². The fourth-order valence-electron chi connectivity index (χ4n) is 3.47. The number of amides is 1. The fraction of sp³-hybridized carbons (Fsp3) is 0.130. The Hall–Kier alpha value is -3.45. The molecule has 0 fully saturated rings. The summed E-state index contributed by atoms with van der Waals surface area (Å²) in [6.45, 7) is 0. The van der Waals surface area contributed by atoms with Gasteiger partial charge in [0.15, 0.2) is 10.9 Å². The highest BCUT2D eigenvalue weighted by Gasteiger charge is 2.29. The molecule has 2 aromatic carbocycles. The van der Waals surface area contributed by atoms with Gasteiger partial charge < -0.3 is 19.0 Å². The minimum Gasteiger partial charge on any atom is -0.457 e. The summed E-state index contributed by atoms with van der Waals surface area (Å²) >= 11 is 1.56. The molecule has 0 unspecified atom stereocenters. The Bertz CT molecular complexity index is 1170. The van der Waals surface area contributed by atoms with Crippen LogP contribution in [0.2, 0.25) is 0 Å². The Kier molecular flexibility index (Phi) is 4.80. The number of carbonyl (C=O) groups is 1. The van der Waals surface area contributed by atoms with E-state index in [4.69, 9.17) is 9.15 Å². The van der Waals surface area contributed by atoms with Crippen molar-refractivity contribution in [3.05, 3.63) is 95.7 Å². The second kappa shape index (κ2) is 7.76. The summed E-state index contributed by atoms with van der Waals surface area (Å²) in [5.41, 5.74) is 1.84. The highest BCUT2D eigenvalue weighted by molar-refractivity contribution is 7.98. The van der Waals surface area contributed by atoms with Gasteiger partial charge in [-0.2, -0.15) is 0 Å². The Balaban J connectivity index is 1.35. The molecule has 0 saturated carbocycles. The SMILES string of the molecule is Cn1ccnc1SCc1ccc(C(=O)NC2c3ccccc3Oc3ccccc32)o1. The number of thioether (sulfide) groups is 1. The molecular weight excluding hydrogens is 398 g/mol. The van der Waals surface area contributed by atoms with Crippen LogP contribution in [0, 0.1) is 0 Å². The first kappa shape index (κ1) is 18.6. The van der Waals surface area contributed by atoms with E-state index in [1.54, 1.807) is 24.0 Å². The molecule has 6 nitrogen and oxygen atoms in total. The van der Waals surface area contributed by atoms with Gasteiger partial charge in [0.1, 0.15) is 17.3 Å². The molecule has 1 aliphatic rings. The van der Waals surface area contributed by atoms with Gasteiger partial charge in [0.05, 0.1) is 11.8 Å². The first-order valence-corrected chi connectivity index (χ1v) is 10.5. The van der Waals surface area contributed by atoms with Crippen molar-refractivity contribution in [2.75, 3.05) is 0 Å². The number of aryl methyl sites for hydroxylation is 1. The molecule has 1 aliphatic heterocycles. The molecule has 4 aromatic rings. The molecule has 5 rings (SSSR count). The number of carbonyl (C=O) groups excluding carboxylic acids is 1. The largest absolute Gasteiger partial charge is 0.457 e. The number of para-hydroxylation sites is 2. The molecule has 0 aliphatic carbocycles. The van der Waals surface area contributed by atoms with Gasteiger partial charge in [-0.3, -0.25) is 4.79 Å². The summed E-state index contributed by atoms with van der Waals surface area (Å²) in [4.78, 5) is 17.2. The zero-order valence-electron chi connectivity index (χ0n) is 16.2. The number of furan rings is 1. The molecule has 150 valence electrons. The number of imidazole rings is 1. The van der Waals surface area contributed by atoms with Gasteiger partial charge >= 0.3 is 0 Å². The Morgan fingerprint density at radius 2 is 1.77 bits per heavy atom. The fourth-order valence-corrected chi connectivity index (χ4v) is 4.30. The van der Waals surface area contributed by atoms with E-state index in [0.29, 0.717) is 5.75 Å². The average Bonchev–Trinajstić information content (AvgIpc) is 3.41. The number of hydrogen-bond acceptors (Lipinski definition) is 5. The van der Waals surface area contributed by atoms with Crippen LogP contribution in [0.1, 0.15) is 33.5 Å². The van der Waals surface area contributed by atoms with E-state index in [0.717, 1.165) is 33.5 Å². The van der Waals surface area contributed by atoms with Crippen LogP contribution in [0.15, 0.2) is 82.6 Å². The Morgan fingerprint density at radius 1 is 1.07 bits per heavy atom. The molecule has 0 spiro atoms. The molecule has 0 bridgehead atoms. The lowest BCUT2D eigenvalue weighted by molar-refractivity contribution is 0.0912. The molecule has 7 heteroatoms. The van der Waals surface area contributed by atoms with E-state index >= 15 is 0 Å². The van der Waals surface area contributed by atoms with Crippen LogP contribution >= 0.6 is 11.8 Å². The summed E-state index contributed by atoms with van der Waals surface area (Å²) in [6, 6.07) is 18.7. The molecule has 1 amide bonds. The predicted molar refractivity (Wildman–Crippen MR) is 114 cm³/mol. The van der Waals surface area contributed by atoms with Crippen LogP contribution in [-0.4, -0.2) is 15.5 Å². The standard InChI is InChI=1S/C23H19N3O3S/c1-26-13-12-24-23(26)30-14-15-10-11-20(28-15)22(27)25-21-16-6-2-4-8-18(16)29-19-9-5-3-7-17(19)21/h2-13,21H,14H2,1H3,(H,25,27). The van der Waals surface area contributed by atoms with Crippen LogP contribution in [0.25, 0.3) is 0 Å². The van der Waals surface area contributed by atoms with Crippen LogP contribution in [0.4, 0.5) is 0 Å². The summed E-state index contributed by atoms with van der Waals surface area (Å²) in [5, 5.41) is 4.00. The van der Waals surface area contributed by atoms with Crippen molar-refractivity contribution in [1.82, 2.24) is 14.9 Å². The van der Waals surface area contributed by atoms with Crippen LogP contribution < -0.4 is 10.1 Å². The van der Waals surface area contributed by atoms with E-state index in [2.05, 4.69) is 10.3 Å². The molecule has 0 atom stereocenters. The predicted octanol–water partition coefficient (Wildman–Crippen LogP) is 4.93. The molecule has 30 heavy (non-hydrogen) atoms. The van der Waals surface area contributed by atoms with Crippen molar-refractivity contribution < 1.29 is 13.9 Å². The van der Waals surface area contributed by atoms with Gasteiger partial charge in [0.2, 0.25) is 0 Å². The maximum atomic E-state index is 13.0. The molecule has 0 saturated heterocycles. The number of hydrogen-bond donors (Lipinski definition) is 1. The number of fused-ring (bicyclic) bond motifs is 2. The number of benzene rings is 2. The van der Waals surface area contributed by atoms with Gasteiger partial charge in [-0.15, -0.1) is 0 Å². The maximum Gasteiger partial charge on any atom is 0.287 e. The zero-order valence-corrected chi connectivity index (χ0v) is 17.1. The van der Waals surface area contributed by atoms with Crippen LogP contribution in [-0.2, 0) is 12.8 Å². The van der Waals surface area contributed by atoms with Crippen molar-refractivity contribution in [1.29, 1.82) is 0 Å². The topological polar surface area (TPSA) is 69.3 Å². The van der Waals surface area contributed by atoms with Gasteiger partial charge in [-0.25, -0.2) is 4.98 Å². The quantitative estimate of drug-likeness (QED) is 0.466. The average molecular weight is 417 g/mol. The summed E-state index contributed by atoms with van der Waals surface area (Å²) < 4.78 is 13.7. The highest BCUT2D eigenvalue weighted by Crippen LogP contribution is 2.42. The van der Waals surface area contributed by atoms with Gasteiger partial charge in [0.25, 0.3) is 5.91 Å². The lowest BCUT2D eigenvalue weighted by Crippen LogP contribution is -2.31. The zero-order chi connectivity index (χ0) is 20.5. The third-order valence-electron chi connectivity index (χ3n) is 4.96.